The summed E-state index contributed by atoms with van der Waals surface area (Å²) in [7, 11) is 0. The van der Waals surface area contributed by atoms with Gasteiger partial charge in [-0.15, -0.1) is 11.8 Å². The summed E-state index contributed by atoms with van der Waals surface area (Å²) in [6.07, 6.45) is 0.933. The van der Waals surface area contributed by atoms with Crippen molar-refractivity contribution in [3.05, 3.63) is 76.8 Å². The van der Waals surface area contributed by atoms with E-state index >= 15 is 0 Å². The Labute approximate surface area is 244 Å². The summed E-state index contributed by atoms with van der Waals surface area (Å²) in [6, 6.07) is 20.1. The third-order valence-electron chi connectivity index (χ3n) is 7.70. The normalized spacial score (nSPS) is 20.4. The first-order chi connectivity index (χ1) is 19.0. The Kier molecular flexibility index (Phi) is 8.16. The molecule has 2 aliphatic heterocycles. The summed E-state index contributed by atoms with van der Waals surface area (Å²) in [5.41, 5.74) is 2.69. The van der Waals surface area contributed by atoms with Gasteiger partial charge in [0.05, 0.1) is 16.4 Å². The molecule has 5 rings (SSSR count). The third-order valence-corrected chi connectivity index (χ3v) is 9.41. The first kappa shape index (κ1) is 28.5. The number of benzene rings is 3. The maximum absolute atomic E-state index is 14.3. The van der Waals surface area contributed by atoms with Crippen LogP contribution >= 0.6 is 23.4 Å². The molecule has 0 bridgehead atoms. The molecule has 2 amide bonds. The van der Waals surface area contributed by atoms with Crippen LogP contribution in [0.2, 0.25) is 5.02 Å². The first-order valence-electron chi connectivity index (χ1n) is 13.8. The summed E-state index contributed by atoms with van der Waals surface area (Å²) >= 11 is 8.07. The number of carbonyl (C=O) groups is 3. The number of halogens is 1. The lowest BCUT2D eigenvalue weighted by molar-refractivity contribution is -0.145. The molecule has 8 heteroatoms. The van der Waals surface area contributed by atoms with Gasteiger partial charge >= 0.3 is 5.97 Å². The molecule has 2 atom stereocenters. The van der Waals surface area contributed by atoms with Gasteiger partial charge in [0, 0.05) is 36.8 Å². The molecule has 0 saturated carbocycles. The lowest BCUT2D eigenvalue weighted by Gasteiger charge is -2.33. The van der Waals surface area contributed by atoms with Crippen molar-refractivity contribution in [2.75, 3.05) is 24.5 Å². The van der Waals surface area contributed by atoms with Crippen molar-refractivity contribution in [1.82, 2.24) is 4.90 Å². The van der Waals surface area contributed by atoms with Crippen LogP contribution in [0.15, 0.2) is 60.7 Å². The van der Waals surface area contributed by atoms with Crippen molar-refractivity contribution >= 4 is 57.6 Å². The van der Waals surface area contributed by atoms with Gasteiger partial charge < -0.3 is 14.9 Å². The molecule has 0 aliphatic carbocycles. The molecule has 1 saturated heterocycles. The van der Waals surface area contributed by atoms with Gasteiger partial charge in [-0.2, -0.15) is 0 Å². The Bertz CT molecular complexity index is 1440. The zero-order valence-electron chi connectivity index (χ0n) is 23.1. The number of carbonyl (C=O) groups excluding carboxylic acids is 2. The number of hydrogen-bond acceptors (Lipinski definition) is 4. The van der Waals surface area contributed by atoms with E-state index < -0.39 is 17.1 Å². The highest BCUT2D eigenvalue weighted by molar-refractivity contribution is 8.01. The fourth-order valence-corrected chi connectivity index (χ4v) is 7.40. The number of nitrogens with zero attached hydrogens (tertiary/aromatic N) is 2. The summed E-state index contributed by atoms with van der Waals surface area (Å²) < 4.78 is 0. The number of piperidine rings is 1. The number of amides is 2. The minimum Gasteiger partial charge on any atom is -0.481 e. The minimum absolute atomic E-state index is 0.0604. The molecule has 3 aromatic carbocycles. The predicted octanol–water partition coefficient (Wildman–Crippen LogP) is 6.79. The van der Waals surface area contributed by atoms with Crippen LogP contribution in [0.3, 0.4) is 0 Å². The molecule has 40 heavy (non-hydrogen) atoms. The number of anilines is 1. The lowest BCUT2D eigenvalue weighted by Crippen LogP contribution is -2.45. The monoisotopic (exact) mass is 578 g/mol. The highest BCUT2D eigenvalue weighted by Crippen LogP contribution is 2.49. The van der Waals surface area contributed by atoms with Gasteiger partial charge in [-0.25, -0.2) is 0 Å². The standard InChI is InChI=1S/C32H35ClN2O4S/c1-32(2,3)19-35-26-12-11-22(33)17-25(26)29(24-10-6-8-20-7-4-5-9-23(20)24)40-27(30(35)37)18-28(36)34-15-13-21(14-16-34)31(38)39/h4-12,17,21,27,29H,13-16,18-19H2,1-3H3,(H,38,39). The van der Waals surface area contributed by atoms with Crippen molar-refractivity contribution in [2.45, 2.75) is 50.5 Å². The number of rotatable bonds is 5. The van der Waals surface area contributed by atoms with Crippen LogP contribution in [0.1, 0.15) is 56.4 Å². The summed E-state index contributed by atoms with van der Waals surface area (Å²) in [4.78, 5) is 42.8. The van der Waals surface area contributed by atoms with Crippen LogP contribution in [0.4, 0.5) is 5.69 Å². The van der Waals surface area contributed by atoms with E-state index in [1.54, 1.807) is 4.90 Å². The van der Waals surface area contributed by atoms with Crippen molar-refractivity contribution in [3.63, 3.8) is 0 Å². The Balaban J connectivity index is 1.56. The zero-order valence-corrected chi connectivity index (χ0v) is 24.7. The largest absolute Gasteiger partial charge is 0.481 e. The van der Waals surface area contributed by atoms with Crippen molar-refractivity contribution in [3.8, 4) is 0 Å². The van der Waals surface area contributed by atoms with Crippen molar-refractivity contribution in [2.24, 2.45) is 11.3 Å². The van der Waals surface area contributed by atoms with Crippen LogP contribution in [0.25, 0.3) is 10.8 Å². The zero-order chi connectivity index (χ0) is 28.6. The van der Waals surface area contributed by atoms with E-state index in [2.05, 4.69) is 45.0 Å². The summed E-state index contributed by atoms with van der Waals surface area (Å²) in [5, 5.41) is 11.4. The van der Waals surface area contributed by atoms with Crippen molar-refractivity contribution in [1.29, 1.82) is 0 Å². The first-order valence-corrected chi connectivity index (χ1v) is 15.1. The SMILES string of the molecule is CC(C)(C)CN1C(=O)C(CC(=O)N2CCC(C(=O)O)CC2)SC(c2cccc3ccccc23)c2cc(Cl)ccc21. The van der Waals surface area contributed by atoms with E-state index in [9.17, 15) is 19.5 Å². The van der Waals surface area contributed by atoms with E-state index in [4.69, 9.17) is 11.6 Å². The highest BCUT2D eigenvalue weighted by Gasteiger charge is 2.40. The quantitative estimate of drug-likeness (QED) is 0.361. The Morgan fingerprint density at radius 1 is 1.00 bits per heavy atom. The van der Waals surface area contributed by atoms with Crippen LogP contribution in [0.5, 0.6) is 0 Å². The average molecular weight is 579 g/mol. The Hall–Kier alpha value is -3.03. The molecule has 210 valence electrons. The molecule has 6 nitrogen and oxygen atoms in total. The van der Waals surface area contributed by atoms with Gasteiger partial charge in [0.15, 0.2) is 0 Å². The maximum atomic E-state index is 14.3. The number of carboxylic acids is 1. The molecular weight excluding hydrogens is 544 g/mol. The van der Waals surface area contributed by atoms with E-state index in [-0.39, 0.29) is 28.9 Å². The molecular formula is C32H35ClN2O4S. The van der Waals surface area contributed by atoms with Gasteiger partial charge in [0.1, 0.15) is 0 Å². The molecule has 2 aliphatic rings. The number of hydrogen-bond donors (Lipinski definition) is 1. The number of thioether (sulfide) groups is 1. The highest BCUT2D eigenvalue weighted by atomic mass is 35.5. The van der Waals surface area contributed by atoms with Gasteiger partial charge in [-0.05, 0) is 58.4 Å². The third kappa shape index (κ3) is 6.01. The van der Waals surface area contributed by atoms with E-state index in [1.807, 2.05) is 41.3 Å². The van der Waals surface area contributed by atoms with E-state index in [0.29, 0.717) is 37.5 Å². The summed E-state index contributed by atoms with van der Waals surface area (Å²) in [6.45, 7) is 7.60. The molecule has 0 spiro atoms. The van der Waals surface area contributed by atoms with Gasteiger partial charge in [-0.3, -0.25) is 14.4 Å². The smallest absolute Gasteiger partial charge is 0.306 e. The molecule has 0 aromatic heterocycles. The van der Waals surface area contributed by atoms with Gasteiger partial charge in [0.25, 0.3) is 0 Å². The topological polar surface area (TPSA) is 77.9 Å². The maximum Gasteiger partial charge on any atom is 0.306 e. The molecule has 1 fully saturated rings. The number of likely N-dealkylation sites (tertiary alicyclic amines) is 1. The molecule has 2 heterocycles. The molecule has 3 aromatic rings. The Morgan fingerprint density at radius 2 is 1.70 bits per heavy atom. The second kappa shape index (κ2) is 11.5. The minimum atomic E-state index is -0.811. The lowest BCUT2D eigenvalue weighted by atomic mass is 9.93. The Morgan fingerprint density at radius 3 is 2.40 bits per heavy atom. The fourth-order valence-electron chi connectivity index (χ4n) is 5.73. The second-order valence-electron chi connectivity index (χ2n) is 12.0. The number of aliphatic carboxylic acids is 1. The molecule has 0 radical (unpaired) electrons. The summed E-state index contributed by atoms with van der Waals surface area (Å²) in [5.74, 6) is -1.42. The number of fused-ring (bicyclic) bond motifs is 2. The molecule has 1 N–H and O–H groups in total. The van der Waals surface area contributed by atoms with Crippen LogP contribution in [-0.2, 0) is 14.4 Å². The van der Waals surface area contributed by atoms with Gasteiger partial charge in [-0.1, -0.05) is 74.8 Å². The van der Waals surface area contributed by atoms with E-state index in [1.165, 1.54) is 11.8 Å². The van der Waals surface area contributed by atoms with Crippen LogP contribution in [-0.4, -0.2) is 52.7 Å². The van der Waals surface area contributed by atoms with Gasteiger partial charge in [0.2, 0.25) is 11.8 Å². The number of carboxylic acid groups (broad SMARTS) is 1. The molecule has 2 unspecified atom stereocenters. The van der Waals surface area contributed by atoms with Crippen molar-refractivity contribution < 1.29 is 19.5 Å². The van der Waals surface area contributed by atoms with Crippen LogP contribution in [0, 0.1) is 11.3 Å². The fraction of sp³-hybridized carbons (Fsp3) is 0.406. The van der Waals surface area contributed by atoms with Crippen LogP contribution < -0.4 is 4.90 Å². The predicted molar refractivity (Wildman–Crippen MR) is 162 cm³/mol. The van der Waals surface area contributed by atoms with E-state index in [0.717, 1.165) is 27.6 Å². The second-order valence-corrected chi connectivity index (χ2v) is 13.7. The average Bonchev–Trinajstić information content (AvgIpc) is 3.02.